The highest BCUT2D eigenvalue weighted by atomic mass is 32.2. The fourth-order valence-electron chi connectivity index (χ4n) is 3.17. The van der Waals surface area contributed by atoms with E-state index in [1.54, 1.807) is 48.5 Å². The van der Waals surface area contributed by atoms with Crippen LogP contribution in [0.3, 0.4) is 0 Å². The number of phenols is 6. The molecule has 31 heavy (non-hydrogen) atoms. The lowest BCUT2D eigenvalue weighted by Gasteiger charge is -2.14. The topological polar surface area (TPSA) is 121 Å². The monoisotopic (exact) mass is 434 g/mol. The van der Waals surface area contributed by atoms with E-state index in [0.717, 1.165) is 9.79 Å². The van der Waals surface area contributed by atoms with Crippen LogP contribution in [-0.2, 0) is 0 Å². The normalized spacial score (nSPS) is 10.8. The summed E-state index contributed by atoms with van der Waals surface area (Å²) in [5.41, 5.74) is 2.45. The van der Waals surface area contributed by atoms with Crippen LogP contribution in [0, 0.1) is 0 Å². The second-order valence-corrected chi connectivity index (χ2v) is 7.95. The van der Waals surface area contributed by atoms with E-state index in [1.165, 1.54) is 36.0 Å². The average Bonchev–Trinajstić information content (AvgIpc) is 2.74. The van der Waals surface area contributed by atoms with E-state index < -0.39 is 0 Å². The van der Waals surface area contributed by atoms with Crippen LogP contribution in [0.1, 0.15) is 0 Å². The molecular weight excluding hydrogens is 416 g/mol. The Bertz CT molecular complexity index is 1190. The number of phenolic OH excluding ortho intramolecular Hbond substituents is 6. The van der Waals surface area contributed by atoms with Gasteiger partial charge in [-0.3, -0.25) is 0 Å². The summed E-state index contributed by atoms with van der Waals surface area (Å²) in [5.74, 6) is -0.955. The van der Waals surface area contributed by atoms with Crippen molar-refractivity contribution in [2.75, 3.05) is 0 Å². The van der Waals surface area contributed by atoms with Crippen molar-refractivity contribution >= 4 is 11.8 Å². The number of rotatable bonds is 4. The molecule has 0 bridgehead atoms. The highest BCUT2D eigenvalue weighted by Gasteiger charge is 2.15. The van der Waals surface area contributed by atoms with E-state index in [9.17, 15) is 30.6 Å². The summed E-state index contributed by atoms with van der Waals surface area (Å²) in [7, 11) is 0. The van der Waals surface area contributed by atoms with E-state index in [1.807, 2.05) is 0 Å². The van der Waals surface area contributed by atoms with Gasteiger partial charge < -0.3 is 30.6 Å². The first-order chi connectivity index (χ1) is 14.8. The molecule has 4 rings (SSSR count). The highest BCUT2D eigenvalue weighted by Crippen LogP contribution is 2.44. The first-order valence-corrected chi connectivity index (χ1v) is 10.0. The molecule has 0 saturated heterocycles. The number of aromatic hydroxyl groups is 6. The third kappa shape index (κ3) is 4.17. The smallest absolute Gasteiger partial charge is 0.158 e. The second-order valence-electron chi connectivity index (χ2n) is 6.87. The third-order valence-electron chi connectivity index (χ3n) is 4.72. The van der Waals surface area contributed by atoms with Crippen LogP contribution in [0.4, 0.5) is 0 Å². The van der Waals surface area contributed by atoms with Crippen LogP contribution in [0.25, 0.3) is 22.3 Å². The van der Waals surface area contributed by atoms with Crippen molar-refractivity contribution in [3.63, 3.8) is 0 Å². The Morgan fingerprint density at radius 1 is 0.419 bits per heavy atom. The minimum atomic E-state index is -0.276. The Labute approximate surface area is 181 Å². The lowest BCUT2D eigenvalue weighted by molar-refractivity contribution is 0.404. The zero-order valence-corrected chi connectivity index (χ0v) is 16.8. The van der Waals surface area contributed by atoms with E-state index in [4.69, 9.17) is 0 Å². The SMILES string of the molecule is Oc1ccc(Sc2ccc(O)cc2-c2ccc(O)c(O)c2)c(-c2ccc(O)c(O)c2)c1. The lowest BCUT2D eigenvalue weighted by atomic mass is 10.0. The molecule has 0 heterocycles. The van der Waals surface area contributed by atoms with Crippen molar-refractivity contribution in [1.29, 1.82) is 0 Å². The van der Waals surface area contributed by atoms with Crippen molar-refractivity contribution in [3.8, 4) is 56.8 Å². The molecule has 0 radical (unpaired) electrons. The molecule has 0 unspecified atom stereocenters. The molecule has 156 valence electrons. The number of benzene rings is 4. The predicted molar refractivity (Wildman–Crippen MR) is 118 cm³/mol. The summed E-state index contributed by atoms with van der Waals surface area (Å²) in [6.45, 7) is 0. The maximum Gasteiger partial charge on any atom is 0.158 e. The second kappa shape index (κ2) is 8.04. The van der Waals surface area contributed by atoms with Crippen molar-refractivity contribution in [2.45, 2.75) is 9.79 Å². The van der Waals surface area contributed by atoms with Gasteiger partial charge in [0.1, 0.15) is 11.5 Å². The average molecular weight is 434 g/mol. The molecule has 0 atom stereocenters. The number of hydrogen-bond donors (Lipinski definition) is 6. The van der Waals surface area contributed by atoms with E-state index in [-0.39, 0.29) is 34.5 Å². The maximum atomic E-state index is 10.0. The van der Waals surface area contributed by atoms with Gasteiger partial charge in [0, 0.05) is 9.79 Å². The van der Waals surface area contributed by atoms with Gasteiger partial charge in [-0.2, -0.15) is 0 Å². The molecule has 4 aromatic rings. The first kappa shape index (κ1) is 20.3. The summed E-state index contributed by atoms with van der Waals surface area (Å²) in [6, 6.07) is 18.5. The molecule has 6 nitrogen and oxygen atoms in total. The Hall–Kier alpha value is -3.97. The standard InChI is InChI=1S/C24H18O6S/c25-15-3-7-23(17(11-15)13-1-5-19(27)21(29)9-13)31-24-8-4-16(26)12-18(24)14-2-6-20(28)22(30)10-14/h1-12,25-30H. The maximum absolute atomic E-state index is 10.0. The van der Waals surface area contributed by atoms with Crippen molar-refractivity contribution in [3.05, 3.63) is 72.8 Å². The fraction of sp³-hybridized carbons (Fsp3) is 0. The molecule has 0 aromatic heterocycles. The largest absolute Gasteiger partial charge is 0.508 e. The van der Waals surface area contributed by atoms with Gasteiger partial charge in [-0.1, -0.05) is 23.9 Å². The molecule has 4 aromatic carbocycles. The molecule has 0 aliphatic carbocycles. The quantitative estimate of drug-likeness (QED) is 0.238. The van der Waals surface area contributed by atoms with Crippen LogP contribution < -0.4 is 0 Å². The molecule has 0 amide bonds. The molecule has 0 aliphatic rings. The summed E-state index contributed by atoms with van der Waals surface area (Å²) < 4.78 is 0. The van der Waals surface area contributed by atoms with Crippen molar-refractivity contribution in [1.82, 2.24) is 0 Å². The van der Waals surface area contributed by atoms with Crippen LogP contribution in [0.15, 0.2) is 82.6 Å². The van der Waals surface area contributed by atoms with E-state index in [0.29, 0.717) is 22.3 Å². The molecule has 0 aliphatic heterocycles. The summed E-state index contributed by atoms with van der Waals surface area (Å²) >= 11 is 1.36. The lowest BCUT2D eigenvalue weighted by Crippen LogP contribution is -1.87. The summed E-state index contributed by atoms with van der Waals surface area (Å²) in [4.78, 5) is 1.50. The summed E-state index contributed by atoms with van der Waals surface area (Å²) in [6.07, 6.45) is 0. The van der Waals surface area contributed by atoms with E-state index in [2.05, 4.69) is 0 Å². The molecule has 7 heteroatoms. The van der Waals surface area contributed by atoms with Crippen LogP contribution in [0.2, 0.25) is 0 Å². The van der Waals surface area contributed by atoms with Gasteiger partial charge in [-0.15, -0.1) is 0 Å². The van der Waals surface area contributed by atoms with Gasteiger partial charge in [0.2, 0.25) is 0 Å². The third-order valence-corrected chi connectivity index (χ3v) is 5.87. The highest BCUT2D eigenvalue weighted by molar-refractivity contribution is 7.99. The Balaban J connectivity index is 1.82. The van der Waals surface area contributed by atoms with E-state index >= 15 is 0 Å². The predicted octanol–water partition coefficient (Wildman–Crippen LogP) is 5.41. The van der Waals surface area contributed by atoms with Gasteiger partial charge in [-0.05, 0) is 82.9 Å². The molecular formula is C24H18O6S. The van der Waals surface area contributed by atoms with Gasteiger partial charge in [0.25, 0.3) is 0 Å². The Morgan fingerprint density at radius 3 is 1.23 bits per heavy atom. The van der Waals surface area contributed by atoms with Gasteiger partial charge in [0.05, 0.1) is 0 Å². The minimum Gasteiger partial charge on any atom is -0.508 e. The van der Waals surface area contributed by atoms with Crippen LogP contribution >= 0.6 is 11.8 Å². The first-order valence-electron chi connectivity index (χ1n) is 9.20. The number of hydrogen-bond acceptors (Lipinski definition) is 7. The molecule has 6 N–H and O–H groups in total. The van der Waals surface area contributed by atoms with Gasteiger partial charge in [0.15, 0.2) is 23.0 Å². The molecule has 0 fully saturated rings. The Morgan fingerprint density at radius 2 is 0.839 bits per heavy atom. The zero-order chi connectivity index (χ0) is 22.1. The van der Waals surface area contributed by atoms with Gasteiger partial charge >= 0.3 is 0 Å². The minimum absolute atomic E-state index is 0.0429. The molecule has 0 saturated carbocycles. The Kier molecular flexibility index (Phi) is 5.27. The van der Waals surface area contributed by atoms with Gasteiger partial charge in [-0.25, -0.2) is 0 Å². The van der Waals surface area contributed by atoms with Crippen molar-refractivity contribution in [2.24, 2.45) is 0 Å². The zero-order valence-electron chi connectivity index (χ0n) is 16.0. The fourth-order valence-corrected chi connectivity index (χ4v) is 4.25. The summed E-state index contributed by atoms with van der Waals surface area (Å²) in [5, 5.41) is 59.0. The van der Waals surface area contributed by atoms with Crippen LogP contribution in [0.5, 0.6) is 34.5 Å². The van der Waals surface area contributed by atoms with Crippen LogP contribution in [-0.4, -0.2) is 30.6 Å². The van der Waals surface area contributed by atoms with Crippen molar-refractivity contribution < 1.29 is 30.6 Å². The molecule has 0 spiro atoms.